The number of ketones is 1. The Balaban J connectivity index is 1.96. The van der Waals surface area contributed by atoms with E-state index in [0.717, 1.165) is 38.8 Å². The molecule has 1 saturated carbocycles. The van der Waals surface area contributed by atoms with Crippen LogP contribution in [0.3, 0.4) is 0 Å². The number of Topliss-reactive ketones (excluding diaryl/α,β-unsaturated/α-hetero) is 1. The van der Waals surface area contributed by atoms with Gasteiger partial charge >= 0.3 is 0 Å². The molecule has 5 heteroatoms. The maximum Gasteiger partial charge on any atom is 0.202 e. The van der Waals surface area contributed by atoms with E-state index in [1.165, 1.54) is 19.3 Å². The Morgan fingerprint density at radius 3 is 2.52 bits per heavy atom. The van der Waals surface area contributed by atoms with Crippen molar-refractivity contribution in [3.63, 3.8) is 0 Å². The lowest BCUT2D eigenvalue weighted by Crippen LogP contribution is -2.55. The Bertz CT molecular complexity index is 514. The van der Waals surface area contributed by atoms with Gasteiger partial charge in [-0.1, -0.05) is 30.9 Å². The van der Waals surface area contributed by atoms with Crippen molar-refractivity contribution in [1.29, 1.82) is 0 Å². The molecular weight excluding hydrogens is 286 g/mol. The SMILES string of the molecule is CCn1ncc(Cl)c1C(=O)C1(N2CCCCC2)CCCC1. The zero-order valence-corrected chi connectivity index (χ0v) is 13.5. The lowest BCUT2D eigenvalue weighted by atomic mass is 9.86. The highest BCUT2D eigenvalue weighted by molar-refractivity contribution is 6.34. The molecule has 0 bridgehead atoms. The third-order valence-electron chi connectivity index (χ3n) is 5.12. The van der Waals surface area contributed by atoms with Crippen LogP contribution in [-0.2, 0) is 6.54 Å². The summed E-state index contributed by atoms with van der Waals surface area (Å²) in [5.74, 6) is 0.200. The van der Waals surface area contributed by atoms with E-state index in [9.17, 15) is 4.79 Å². The van der Waals surface area contributed by atoms with Gasteiger partial charge in [-0.05, 0) is 45.7 Å². The summed E-state index contributed by atoms with van der Waals surface area (Å²) in [6.45, 7) is 4.78. The van der Waals surface area contributed by atoms with E-state index in [1.807, 2.05) is 6.92 Å². The fraction of sp³-hybridized carbons (Fsp3) is 0.750. The van der Waals surface area contributed by atoms with Crippen molar-refractivity contribution < 1.29 is 4.79 Å². The molecule has 0 amide bonds. The molecule has 0 aromatic carbocycles. The van der Waals surface area contributed by atoms with E-state index in [2.05, 4.69) is 10.00 Å². The van der Waals surface area contributed by atoms with Crippen LogP contribution >= 0.6 is 11.6 Å². The van der Waals surface area contributed by atoms with Crippen molar-refractivity contribution in [2.24, 2.45) is 0 Å². The lowest BCUT2D eigenvalue weighted by molar-refractivity contribution is 0.0467. The molecule has 0 N–H and O–H groups in total. The fourth-order valence-electron chi connectivity index (χ4n) is 4.02. The van der Waals surface area contributed by atoms with E-state index in [-0.39, 0.29) is 11.3 Å². The monoisotopic (exact) mass is 309 g/mol. The van der Waals surface area contributed by atoms with Gasteiger partial charge in [0.2, 0.25) is 5.78 Å². The van der Waals surface area contributed by atoms with Crippen LogP contribution in [0.1, 0.15) is 62.4 Å². The molecule has 0 unspecified atom stereocenters. The molecule has 2 aliphatic rings. The number of hydrogen-bond donors (Lipinski definition) is 0. The molecule has 1 saturated heterocycles. The molecule has 2 fully saturated rings. The first-order chi connectivity index (χ1) is 10.2. The van der Waals surface area contributed by atoms with Gasteiger partial charge in [-0.3, -0.25) is 14.4 Å². The van der Waals surface area contributed by atoms with Gasteiger partial charge in [0, 0.05) is 6.54 Å². The predicted molar refractivity (Wildman–Crippen MR) is 83.9 cm³/mol. The van der Waals surface area contributed by atoms with Gasteiger partial charge in [0.05, 0.1) is 16.8 Å². The van der Waals surface area contributed by atoms with Gasteiger partial charge in [0.1, 0.15) is 5.69 Å². The van der Waals surface area contributed by atoms with Gasteiger partial charge in [-0.25, -0.2) is 0 Å². The normalized spacial score (nSPS) is 22.6. The maximum absolute atomic E-state index is 13.3. The molecule has 2 heterocycles. The maximum atomic E-state index is 13.3. The molecule has 4 nitrogen and oxygen atoms in total. The second kappa shape index (κ2) is 6.09. The molecular formula is C16H24ClN3O. The Morgan fingerprint density at radius 1 is 1.24 bits per heavy atom. The molecule has 0 spiro atoms. The average molecular weight is 310 g/mol. The number of aromatic nitrogens is 2. The number of rotatable bonds is 4. The number of nitrogens with zero attached hydrogens (tertiary/aromatic N) is 3. The highest BCUT2D eigenvalue weighted by Gasteiger charge is 2.47. The minimum atomic E-state index is -0.322. The summed E-state index contributed by atoms with van der Waals surface area (Å²) in [5.41, 5.74) is 0.295. The van der Waals surface area contributed by atoms with Crippen LogP contribution in [0.25, 0.3) is 0 Å². The van der Waals surface area contributed by atoms with Crippen molar-refractivity contribution in [2.75, 3.05) is 13.1 Å². The van der Waals surface area contributed by atoms with Crippen LogP contribution < -0.4 is 0 Å². The van der Waals surface area contributed by atoms with E-state index >= 15 is 0 Å². The molecule has 1 aromatic heterocycles. The van der Waals surface area contributed by atoms with Crippen molar-refractivity contribution in [3.8, 4) is 0 Å². The van der Waals surface area contributed by atoms with Gasteiger partial charge < -0.3 is 0 Å². The first-order valence-corrected chi connectivity index (χ1v) is 8.58. The quantitative estimate of drug-likeness (QED) is 0.798. The minimum absolute atomic E-state index is 0.200. The number of aryl methyl sites for hydroxylation is 1. The van der Waals surface area contributed by atoms with Gasteiger partial charge in [-0.2, -0.15) is 5.10 Å². The Labute approximate surface area is 131 Å². The fourth-order valence-corrected chi connectivity index (χ4v) is 4.24. The number of likely N-dealkylation sites (tertiary alicyclic amines) is 1. The molecule has 116 valence electrons. The number of carbonyl (C=O) groups excluding carboxylic acids is 1. The average Bonchev–Trinajstić information content (AvgIpc) is 3.15. The first-order valence-electron chi connectivity index (χ1n) is 8.20. The standard InChI is InChI=1S/C16H24ClN3O/c1-2-20-14(13(17)12-18-20)15(21)16(8-4-5-9-16)19-10-6-3-7-11-19/h12H,2-11H2,1H3. The van der Waals surface area contributed by atoms with Gasteiger partial charge in [0.25, 0.3) is 0 Å². The van der Waals surface area contributed by atoms with Crippen LogP contribution in [0.2, 0.25) is 5.02 Å². The summed E-state index contributed by atoms with van der Waals surface area (Å²) in [7, 11) is 0. The summed E-state index contributed by atoms with van der Waals surface area (Å²) < 4.78 is 1.76. The largest absolute Gasteiger partial charge is 0.291 e. The van der Waals surface area contributed by atoms with E-state index in [1.54, 1.807) is 10.9 Å². The van der Waals surface area contributed by atoms with Gasteiger partial charge in [-0.15, -0.1) is 0 Å². The number of hydrogen-bond acceptors (Lipinski definition) is 3. The topological polar surface area (TPSA) is 38.1 Å². The van der Waals surface area contributed by atoms with Crippen LogP contribution in [-0.4, -0.2) is 39.1 Å². The summed E-state index contributed by atoms with van der Waals surface area (Å²) in [6.07, 6.45) is 9.52. The third kappa shape index (κ3) is 2.53. The summed E-state index contributed by atoms with van der Waals surface area (Å²) >= 11 is 6.28. The number of halogens is 1. The number of piperidine rings is 1. The molecule has 1 aromatic rings. The number of carbonyl (C=O) groups is 1. The van der Waals surface area contributed by atoms with Crippen molar-refractivity contribution in [2.45, 2.75) is 64.0 Å². The summed E-state index contributed by atoms with van der Waals surface area (Å²) in [5, 5.41) is 4.75. The summed E-state index contributed by atoms with van der Waals surface area (Å²) in [6, 6.07) is 0. The first kappa shape index (κ1) is 15.0. The van der Waals surface area contributed by atoms with E-state index in [4.69, 9.17) is 11.6 Å². The molecule has 21 heavy (non-hydrogen) atoms. The summed E-state index contributed by atoms with van der Waals surface area (Å²) in [4.78, 5) is 15.8. The van der Waals surface area contributed by atoms with Crippen LogP contribution in [0.5, 0.6) is 0 Å². The highest BCUT2D eigenvalue weighted by atomic mass is 35.5. The highest BCUT2D eigenvalue weighted by Crippen LogP contribution is 2.40. The lowest BCUT2D eigenvalue weighted by Gasteiger charge is -2.42. The second-order valence-electron chi connectivity index (χ2n) is 6.27. The van der Waals surface area contributed by atoms with E-state index < -0.39 is 0 Å². The zero-order chi connectivity index (χ0) is 14.9. The van der Waals surface area contributed by atoms with Crippen LogP contribution in [0.15, 0.2) is 6.20 Å². The Kier molecular flexibility index (Phi) is 4.36. The zero-order valence-electron chi connectivity index (χ0n) is 12.8. The van der Waals surface area contributed by atoms with Crippen molar-refractivity contribution in [3.05, 3.63) is 16.9 Å². The second-order valence-corrected chi connectivity index (χ2v) is 6.68. The molecule has 1 aliphatic heterocycles. The van der Waals surface area contributed by atoms with Gasteiger partial charge in [0.15, 0.2) is 0 Å². The molecule has 0 radical (unpaired) electrons. The Hall–Kier alpha value is -0.870. The van der Waals surface area contributed by atoms with Crippen LogP contribution in [0.4, 0.5) is 0 Å². The van der Waals surface area contributed by atoms with Crippen LogP contribution in [0, 0.1) is 0 Å². The van der Waals surface area contributed by atoms with Crippen molar-refractivity contribution >= 4 is 17.4 Å². The molecule has 0 atom stereocenters. The molecule has 1 aliphatic carbocycles. The minimum Gasteiger partial charge on any atom is -0.291 e. The predicted octanol–water partition coefficient (Wildman–Crippen LogP) is 3.54. The smallest absolute Gasteiger partial charge is 0.202 e. The Morgan fingerprint density at radius 2 is 1.90 bits per heavy atom. The third-order valence-corrected chi connectivity index (χ3v) is 5.40. The van der Waals surface area contributed by atoms with E-state index in [0.29, 0.717) is 17.3 Å². The van der Waals surface area contributed by atoms with Crippen molar-refractivity contribution in [1.82, 2.24) is 14.7 Å². The molecule has 3 rings (SSSR count).